The Hall–Kier alpha value is -3.55. The Morgan fingerprint density at radius 2 is 2.11 bits per heavy atom. The summed E-state index contributed by atoms with van der Waals surface area (Å²) in [5.41, 5.74) is 6.92. The van der Waals surface area contributed by atoms with E-state index in [4.69, 9.17) is 10.5 Å². The van der Waals surface area contributed by atoms with E-state index in [-0.39, 0.29) is 35.3 Å². The van der Waals surface area contributed by atoms with Crippen molar-refractivity contribution in [3.63, 3.8) is 0 Å². The van der Waals surface area contributed by atoms with Crippen LogP contribution >= 0.6 is 0 Å². The number of hydrogen-bond acceptors (Lipinski definition) is 7. The normalized spacial score (nSPS) is 10.8. The quantitative estimate of drug-likeness (QED) is 0.766. The largest absolute Gasteiger partial charge is 0.480 e. The van der Waals surface area contributed by atoms with Gasteiger partial charge in [-0.25, -0.2) is 5.01 Å². The van der Waals surface area contributed by atoms with Gasteiger partial charge in [0.05, 0.1) is 18.4 Å². The topological polar surface area (TPSA) is 117 Å². The average molecular weight is 380 g/mol. The van der Waals surface area contributed by atoms with Gasteiger partial charge in [0.1, 0.15) is 6.07 Å². The van der Waals surface area contributed by atoms with Gasteiger partial charge in [0.15, 0.2) is 11.4 Å². The first-order valence-electron chi connectivity index (χ1n) is 7.59. The molecule has 2 aromatic rings. The number of nitrogens with two attached hydrogens (primary N) is 1. The van der Waals surface area contributed by atoms with E-state index in [0.29, 0.717) is 0 Å². The number of benzene rings is 1. The molecular weight excluding hydrogens is 365 g/mol. The Morgan fingerprint density at radius 1 is 1.41 bits per heavy atom. The van der Waals surface area contributed by atoms with Crippen LogP contribution in [0.15, 0.2) is 24.3 Å². The van der Waals surface area contributed by atoms with Crippen molar-refractivity contribution < 1.29 is 22.7 Å². The van der Waals surface area contributed by atoms with Crippen molar-refractivity contribution in [3.8, 4) is 11.9 Å². The maximum atomic E-state index is 13.0. The van der Waals surface area contributed by atoms with Crippen molar-refractivity contribution in [2.75, 3.05) is 23.3 Å². The van der Waals surface area contributed by atoms with Crippen LogP contribution in [-0.2, 0) is 11.0 Å². The van der Waals surface area contributed by atoms with E-state index < -0.39 is 17.6 Å². The summed E-state index contributed by atoms with van der Waals surface area (Å²) in [5.74, 6) is -1.13. The van der Waals surface area contributed by atoms with Crippen LogP contribution in [0.2, 0.25) is 0 Å². The lowest BCUT2D eigenvalue weighted by molar-refractivity contribution is -0.137. The number of alkyl halides is 3. The number of aromatic nitrogens is 2. The number of anilines is 3. The standard InChI is InChI=1S/C16H15F3N6O2/c1-3-12(26)25(10-6-4-5-9(7-10)16(17,18)19)24-13-11(8-20)14(27-2)23-15(21)22-13/h4-7H,3H2,1-2H3,(H3,21,22,23,24). The van der Waals surface area contributed by atoms with E-state index in [1.54, 1.807) is 6.07 Å². The third-order valence-electron chi connectivity index (χ3n) is 3.40. The van der Waals surface area contributed by atoms with Gasteiger partial charge in [-0.1, -0.05) is 13.0 Å². The van der Waals surface area contributed by atoms with Gasteiger partial charge >= 0.3 is 6.18 Å². The zero-order chi connectivity index (χ0) is 20.2. The maximum absolute atomic E-state index is 13.0. The monoisotopic (exact) mass is 380 g/mol. The number of nitriles is 1. The molecule has 0 bridgehead atoms. The van der Waals surface area contributed by atoms with Crippen LogP contribution in [0, 0.1) is 11.3 Å². The summed E-state index contributed by atoms with van der Waals surface area (Å²) < 4.78 is 43.9. The molecule has 0 unspecified atom stereocenters. The molecule has 0 fully saturated rings. The highest BCUT2D eigenvalue weighted by Gasteiger charge is 2.31. The Kier molecular flexibility index (Phi) is 5.69. The molecule has 1 heterocycles. The Morgan fingerprint density at radius 3 is 2.67 bits per heavy atom. The van der Waals surface area contributed by atoms with Crippen molar-refractivity contribution in [1.29, 1.82) is 5.26 Å². The number of ether oxygens (including phenoxy) is 1. The average Bonchev–Trinajstić information content (AvgIpc) is 2.64. The van der Waals surface area contributed by atoms with Gasteiger partial charge in [-0.2, -0.15) is 28.4 Å². The van der Waals surface area contributed by atoms with E-state index in [2.05, 4.69) is 15.4 Å². The number of nitrogens with zero attached hydrogens (tertiary/aromatic N) is 4. The number of halogens is 3. The second-order valence-electron chi connectivity index (χ2n) is 5.17. The van der Waals surface area contributed by atoms with Crippen molar-refractivity contribution in [3.05, 3.63) is 35.4 Å². The summed E-state index contributed by atoms with van der Waals surface area (Å²) in [5, 5.41) is 10.2. The highest BCUT2D eigenvalue weighted by Crippen LogP contribution is 2.32. The zero-order valence-electron chi connectivity index (χ0n) is 14.3. The Balaban J connectivity index is 2.54. The molecule has 0 atom stereocenters. The molecule has 1 aromatic heterocycles. The number of rotatable bonds is 5. The lowest BCUT2D eigenvalue weighted by Crippen LogP contribution is -2.37. The predicted molar refractivity (Wildman–Crippen MR) is 90.6 cm³/mol. The Bertz CT molecular complexity index is 895. The third kappa shape index (κ3) is 4.35. The van der Waals surface area contributed by atoms with Crippen LogP contribution in [0.4, 0.5) is 30.6 Å². The van der Waals surface area contributed by atoms with Gasteiger partial charge in [0.2, 0.25) is 17.7 Å². The first-order valence-corrected chi connectivity index (χ1v) is 7.59. The van der Waals surface area contributed by atoms with E-state index in [1.807, 2.05) is 0 Å². The van der Waals surface area contributed by atoms with Crippen LogP contribution in [-0.4, -0.2) is 23.0 Å². The van der Waals surface area contributed by atoms with Crippen LogP contribution in [0.1, 0.15) is 24.5 Å². The number of hydrazine groups is 1. The van der Waals surface area contributed by atoms with Gasteiger partial charge in [-0.3, -0.25) is 10.2 Å². The third-order valence-corrected chi connectivity index (χ3v) is 3.40. The van der Waals surface area contributed by atoms with Gasteiger partial charge in [-0.05, 0) is 18.2 Å². The van der Waals surface area contributed by atoms with Crippen LogP contribution in [0.3, 0.4) is 0 Å². The molecule has 0 aliphatic heterocycles. The van der Waals surface area contributed by atoms with Crippen LogP contribution < -0.4 is 20.9 Å². The fourth-order valence-electron chi connectivity index (χ4n) is 2.14. The van der Waals surface area contributed by atoms with Crippen LogP contribution in [0.25, 0.3) is 0 Å². The highest BCUT2D eigenvalue weighted by atomic mass is 19.4. The molecule has 0 aliphatic carbocycles. The molecular formula is C16H15F3N6O2. The van der Waals surface area contributed by atoms with E-state index >= 15 is 0 Å². The molecule has 0 saturated heterocycles. The molecule has 0 saturated carbocycles. The van der Waals surface area contributed by atoms with Crippen LogP contribution in [0.5, 0.6) is 5.88 Å². The van der Waals surface area contributed by atoms with E-state index in [9.17, 15) is 23.2 Å². The number of carbonyl (C=O) groups excluding carboxylic acids is 1. The molecule has 27 heavy (non-hydrogen) atoms. The lowest BCUT2D eigenvalue weighted by atomic mass is 10.2. The van der Waals surface area contributed by atoms with Gasteiger partial charge in [0.25, 0.3) is 0 Å². The molecule has 8 nitrogen and oxygen atoms in total. The second-order valence-corrected chi connectivity index (χ2v) is 5.17. The molecule has 1 amide bonds. The molecule has 2 rings (SSSR count). The minimum atomic E-state index is -4.59. The maximum Gasteiger partial charge on any atom is 0.416 e. The molecule has 3 N–H and O–H groups in total. The predicted octanol–water partition coefficient (Wildman–Crippen LogP) is 2.73. The smallest absolute Gasteiger partial charge is 0.416 e. The Labute approximate surface area is 152 Å². The zero-order valence-corrected chi connectivity index (χ0v) is 14.3. The number of nitrogen functional groups attached to an aromatic ring is 1. The van der Waals surface area contributed by atoms with Gasteiger partial charge < -0.3 is 10.5 Å². The van der Waals surface area contributed by atoms with E-state index in [1.165, 1.54) is 20.1 Å². The number of carbonyl (C=O) groups is 1. The summed E-state index contributed by atoms with van der Waals surface area (Å²) in [6.45, 7) is 1.53. The summed E-state index contributed by atoms with van der Waals surface area (Å²) in [7, 11) is 1.26. The fraction of sp³-hybridized carbons (Fsp3) is 0.250. The minimum absolute atomic E-state index is 0.0250. The summed E-state index contributed by atoms with van der Waals surface area (Å²) in [6.07, 6.45) is -4.61. The first-order chi connectivity index (χ1) is 12.7. The number of nitrogens with one attached hydrogen (secondary N) is 1. The fourth-order valence-corrected chi connectivity index (χ4v) is 2.14. The van der Waals surface area contributed by atoms with Crippen molar-refractivity contribution in [2.45, 2.75) is 19.5 Å². The number of amides is 1. The van der Waals surface area contributed by atoms with E-state index in [0.717, 1.165) is 23.2 Å². The van der Waals surface area contributed by atoms with Crippen molar-refractivity contribution in [2.24, 2.45) is 0 Å². The number of methoxy groups -OCH3 is 1. The lowest BCUT2D eigenvalue weighted by Gasteiger charge is -2.25. The summed E-state index contributed by atoms with van der Waals surface area (Å²) in [4.78, 5) is 19.9. The van der Waals surface area contributed by atoms with Crippen molar-refractivity contribution >= 4 is 23.4 Å². The highest BCUT2D eigenvalue weighted by molar-refractivity contribution is 5.95. The first kappa shape index (κ1) is 19.8. The summed E-state index contributed by atoms with van der Waals surface area (Å²) in [6, 6.07) is 5.96. The molecule has 142 valence electrons. The molecule has 0 radical (unpaired) electrons. The minimum Gasteiger partial charge on any atom is -0.480 e. The molecule has 1 aromatic carbocycles. The summed E-state index contributed by atoms with van der Waals surface area (Å²) >= 11 is 0. The molecule has 11 heteroatoms. The SMILES string of the molecule is CCC(=O)N(Nc1nc(N)nc(OC)c1C#N)c1cccc(C(F)(F)F)c1. The van der Waals surface area contributed by atoms with Crippen molar-refractivity contribution in [1.82, 2.24) is 9.97 Å². The molecule has 0 aliphatic rings. The molecule has 0 spiro atoms. The number of hydrogen-bond donors (Lipinski definition) is 2. The second kappa shape index (κ2) is 7.77. The van der Waals surface area contributed by atoms with Gasteiger partial charge in [0, 0.05) is 6.42 Å². The van der Waals surface area contributed by atoms with Gasteiger partial charge in [-0.15, -0.1) is 0 Å².